The van der Waals surface area contributed by atoms with Crippen LogP contribution < -0.4 is 4.90 Å². The van der Waals surface area contributed by atoms with Gasteiger partial charge in [-0.3, -0.25) is 0 Å². The molecule has 13 rings (SSSR count). The lowest BCUT2D eigenvalue weighted by molar-refractivity contribution is 0.660. The van der Waals surface area contributed by atoms with Gasteiger partial charge >= 0.3 is 0 Å². The molecule has 0 radical (unpaired) electrons. The average Bonchev–Trinajstić information content (AvgIpc) is 4.00. The van der Waals surface area contributed by atoms with E-state index in [-0.39, 0.29) is 10.8 Å². The zero-order valence-electron chi connectivity index (χ0n) is 34.5. The fourth-order valence-electron chi connectivity index (χ4n) is 11.1. The van der Waals surface area contributed by atoms with Gasteiger partial charge in [-0.05, 0) is 110 Å². The molecule has 0 saturated heterocycles. The standard InChI is InChI=1S/C58H41NOS/c1-57(2)47-20-9-7-15-40(47)42-30-28-37(33-49(42)57)59(36-26-23-35(24-27-36)38-17-11-18-43-41-16-8-10-21-48(41)58(3,4)53(38)43)50-22-12-19-46-52-51(61-56(46)50)32-31-45-44-29-25-34-13-5-6-14-39(34)54(44)60-55(45)52/h5-33H,1-4H3. The van der Waals surface area contributed by atoms with Crippen LogP contribution in [0.15, 0.2) is 180 Å². The summed E-state index contributed by atoms with van der Waals surface area (Å²) in [4.78, 5) is 2.49. The number of nitrogens with zero attached hydrogens (tertiary/aromatic N) is 1. The second-order valence-corrected chi connectivity index (χ2v) is 19.1. The third kappa shape index (κ3) is 4.73. The summed E-state index contributed by atoms with van der Waals surface area (Å²) in [5.74, 6) is 0. The molecular formula is C58H41NOS. The van der Waals surface area contributed by atoms with Crippen LogP contribution in [0.1, 0.15) is 49.9 Å². The smallest absolute Gasteiger partial charge is 0.144 e. The molecule has 0 aliphatic heterocycles. The van der Waals surface area contributed by atoms with Gasteiger partial charge in [-0.25, -0.2) is 0 Å². The van der Waals surface area contributed by atoms with E-state index in [0.29, 0.717) is 0 Å². The summed E-state index contributed by atoms with van der Waals surface area (Å²) in [5.41, 5.74) is 18.5. The zero-order valence-corrected chi connectivity index (χ0v) is 35.3. The van der Waals surface area contributed by atoms with Crippen LogP contribution in [0.5, 0.6) is 0 Å². The largest absolute Gasteiger partial charge is 0.455 e. The van der Waals surface area contributed by atoms with E-state index in [1.807, 2.05) is 11.3 Å². The number of hydrogen-bond acceptors (Lipinski definition) is 3. The van der Waals surface area contributed by atoms with Crippen LogP contribution in [-0.2, 0) is 10.8 Å². The van der Waals surface area contributed by atoms with Gasteiger partial charge in [0.1, 0.15) is 11.2 Å². The number of thiophene rings is 1. The third-order valence-electron chi connectivity index (χ3n) is 14.1. The molecule has 0 unspecified atom stereocenters. The fourth-order valence-corrected chi connectivity index (χ4v) is 12.3. The molecule has 2 heterocycles. The lowest BCUT2D eigenvalue weighted by atomic mass is 9.79. The molecule has 0 bridgehead atoms. The highest BCUT2D eigenvalue weighted by Gasteiger charge is 2.38. The van der Waals surface area contributed by atoms with Gasteiger partial charge in [-0.2, -0.15) is 0 Å². The van der Waals surface area contributed by atoms with E-state index in [1.54, 1.807) is 0 Å². The Morgan fingerprint density at radius 3 is 1.90 bits per heavy atom. The number of anilines is 3. The monoisotopic (exact) mass is 799 g/mol. The number of rotatable bonds is 4. The van der Waals surface area contributed by atoms with E-state index in [1.165, 1.54) is 81.2 Å². The van der Waals surface area contributed by atoms with Gasteiger partial charge in [0.25, 0.3) is 0 Å². The van der Waals surface area contributed by atoms with Gasteiger partial charge in [0.15, 0.2) is 0 Å². The van der Waals surface area contributed by atoms with E-state index in [4.69, 9.17) is 4.42 Å². The maximum absolute atomic E-state index is 6.93. The third-order valence-corrected chi connectivity index (χ3v) is 15.2. The second kappa shape index (κ2) is 12.3. The van der Waals surface area contributed by atoms with Crippen LogP contribution in [0, 0.1) is 0 Å². The molecule has 0 N–H and O–H groups in total. The molecular weight excluding hydrogens is 759 g/mol. The lowest BCUT2D eigenvalue weighted by Crippen LogP contribution is -2.16. The van der Waals surface area contributed by atoms with Crippen LogP contribution >= 0.6 is 11.3 Å². The van der Waals surface area contributed by atoms with Gasteiger partial charge in [0.05, 0.1) is 10.4 Å². The van der Waals surface area contributed by atoms with E-state index >= 15 is 0 Å². The first kappa shape index (κ1) is 34.9. The molecule has 2 nitrogen and oxygen atoms in total. The molecule has 290 valence electrons. The van der Waals surface area contributed by atoms with Crippen LogP contribution in [-0.4, -0.2) is 0 Å². The number of hydrogen-bond donors (Lipinski definition) is 0. The Hall–Kier alpha value is -6.94. The summed E-state index contributed by atoms with van der Waals surface area (Å²) < 4.78 is 9.40. The summed E-state index contributed by atoms with van der Waals surface area (Å²) in [5, 5.41) is 7.05. The summed E-state index contributed by atoms with van der Waals surface area (Å²) in [6, 6.07) is 65.4. The molecule has 2 aliphatic rings. The van der Waals surface area contributed by atoms with Gasteiger partial charge in [-0.1, -0.05) is 155 Å². The van der Waals surface area contributed by atoms with Gasteiger partial charge < -0.3 is 9.32 Å². The van der Waals surface area contributed by atoms with Crippen molar-refractivity contribution in [1.82, 2.24) is 0 Å². The topological polar surface area (TPSA) is 16.4 Å². The first-order chi connectivity index (χ1) is 29.8. The van der Waals surface area contributed by atoms with E-state index in [9.17, 15) is 0 Å². The van der Waals surface area contributed by atoms with Crippen LogP contribution in [0.25, 0.3) is 86.3 Å². The van der Waals surface area contributed by atoms with Crippen LogP contribution in [0.3, 0.4) is 0 Å². The summed E-state index contributed by atoms with van der Waals surface area (Å²) in [6.45, 7) is 9.48. The average molecular weight is 800 g/mol. The SMILES string of the molecule is CC1(C)c2ccccc2-c2ccc(N(c3ccc(-c4cccc5c4C(C)(C)c4ccccc4-5)cc3)c3cccc4c3sc3ccc5c6ccc7ccccc7c6oc5c34)cc21. The van der Waals surface area contributed by atoms with Gasteiger partial charge in [0.2, 0.25) is 0 Å². The van der Waals surface area contributed by atoms with Crippen molar-refractivity contribution in [1.29, 1.82) is 0 Å². The van der Waals surface area contributed by atoms with Crippen LogP contribution in [0.4, 0.5) is 17.1 Å². The van der Waals surface area contributed by atoms with Gasteiger partial charge in [-0.15, -0.1) is 11.3 Å². The van der Waals surface area contributed by atoms with Crippen molar-refractivity contribution in [2.45, 2.75) is 38.5 Å². The first-order valence-corrected chi connectivity index (χ1v) is 22.2. The molecule has 3 heteroatoms. The van der Waals surface area contributed by atoms with Crippen molar-refractivity contribution in [2.75, 3.05) is 4.90 Å². The molecule has 9 aromatic carbocycles. The van der Waals surface area contributed by atoms with Crippen molar-refractivity contribution in [2.24, 2.45) is 0 Å². The maximum Gasteiger partial charge on any atom is 0.144 e. The number of fused-ring (bicyclic) bond motifs is 15. The lowest BCUT2D eigenvalue weighted by Gasteiger charge is -2.29. The molecule has 61 heavy (non-hydrogen) atoms. The number of benzene rings is 9. The maximum atomic E-state index is 6.93. The Kier molecular flexibility index (Phi) is 7.04. The quantitative estimate of drug-likeness (QED) is 0.176. The normalized spacial score (nSPS) is 14.5. The Bertz CT molecular complexity index is 3650. The van der Waals surface area contributed by atoms with E-state index < -0.39 is 0 Å². The predicted octanol–water partition coefficient (Wildman–Crippen LogP) is 16.9. The van der Waals surface area contributed by atoms with Crippen molar-refractivity contribution < 1.29 is 4.42 Å². The van der Waals surface area contributed by atoms with E-state index in [0.717, 1.165) is 44.4 Å². The highest BCUT2D eigenvalue weighted by Crippen LogP contribution is 2.54. The summed E-state index contributed by atoms with van der Waals surface area (Å²) >= 11 is 1.85. The highest BCUT2D eigenvalue weighted by molar-refractivity contribution is 7.26. The molecule has 0 atom stereocenters. The summed E-state index contributed by atoms with van der Waals surface area (Å²) in [6.07, 6.45) is 0. The Balaban J connectivity index is 1.02. The minimum absolute atomic E-state index is 0.1000. The van der Waals surface area contributed by atoms with Crippen molar-refractivity contribution in [3.8, 4) is 33.4 Å². The molecule has 2 aromatic heterocycles. The minimum Gasteiger partial charge on any atom is -0.455 e. The molecule has 0 amide bonds. The predicted molar refractivity (Wildman–Crippen MR) is 259 cm³/mol. The highest BCUT2D eigenvalue weighted by atomic mass is 32.1. The van der Waals surface area contributed by atoms with Crippen molar-refractivity contribution in [3.63, 3.8) is 0 Å². The van der Waals surface area contributed by atoms with E-state index in [2.05, 4.69) is 209 Å². The molecule has 11 aromatic rings. The Morgan fingerprint density at radius 1 is 0.443 bits per heavy atom. The summed E-state index contributed by atoms with van der Waals surface area (Å²) in [7, 11) is 0. The van der Waals surface area contributed by atoms with Crippen LogP contribution in [0.2, 0.25) is 0 Å². The Labute approximate surface area is 358 Å². The van der Waals surface area contributed by atoms with Crippen molar-refractivity contribution >= 4 is 81.3 Å². The Morgan fingerprint density at radius 2 is 1.07 bits per heavy atom. The zero-order chi connectivity index (χ0) is 40.8. The molecule has 2 aliphatic carbocycles. The van der Waals surface area contributed by atoms with Gasteiger partial charge in [0, 0.05) is 53.8 Å². The fraction of sp³-hybridized carbons (Fsp3) is 0.103. The minimum atomic E-state index is -0.129. The molecule has 0 fully saturated rings. The number of furan rings is 1. The second-order valence-electron chi connectivity index (χ2n) is 18.0. The molecule has 0 spiro atoms. The van der Waals surface area contributed by atoms with Crippen molar-refractivity contribution in [3.05, 3.63) is 198 Å². The first-order valence-electron chi connectivity index (χ1n) is 21.3. The molecule has 0 saturated carbocycles.